The first-order valence-corrected chi connectivity index (χ1v) is 20.2. The molecule has 0 aromatic heterocycles. The Morgan fingerprint density at radius 3 is 2.15 bits per heavy atom. The van der Waals surface area contributed by atoms with Crippen LogP contribution < -0.4 is 37.1 Å². The molecule has 334 valence electrons. The first-order valence-electron chi connectivity index (χ1n) is 18.4. The van der Waals surface area contributed by atoms with Crippen molar-refractivity contribution in [2.24, 2.45) is 11.7 Å². The van der Waals surface area contributed by atoms with Crippen LogP contribution in [0.4, 0.5) is 5.69 Å². The second-order valence-electron chi connectivity index (χ2n) is 13.2. The lowest BCUT2D eigenvalue weighted by molar-refractivity contribution is -0.195. The molecule has 0 bridgehead atoms. The zero-order valence-electron chi connectivity index (χ0n) is 33.4. The number of amides is 5. The number of aliphatic carboxylic acids is 1. The topological polar surface area (TPSA) is 347 Å². The lowest BCUT2D eigenvalue weighted by atomic mass is 10.0. The minimum Gasteiger partial charge on any atom is -0.479 e. The third kappa shape index (κ3) is 25.2. The molecule has 23 nitrogen and oxygen atoms in total. The monoisotopic (exact) mass is 864 g/mol. The maximum Gasteiger partial charge on any atom is 0.333 e. The highest BCUT2D eigenvalue weighted by Gasteiger charge is 2.34. The Morgan fingerprint density at radius 1 is 0.898 bits per heavy atom. The molecule has 1 aromatic carbocycles. The van der Waals surface area contributed by atoms with Gasteiger partial charge in [0.15, 0.2) is 6.10 Å². The number of carbonyl (C=O) groups is 7. The van der Waals surface area contributed by atoms with Gasteiger partial charge in [-0.25, -0.2) is 4.79 Å². The molecule has 1 aromatic rings. The smallest absolute Gasteiger partial charge is 0.333 e. The summed E-state index contributed by atoms with van der Waals surface area (Å²) in [6.45, 7) is 5.00. The van der Waals surface area contributed by atoms with Crippen molar-refractivity contribution in [2.75, 3.05) is 64.2 Å². The van der Waals surface area contributed by atoms with Crippen molar-refractivity contribution in [3.8, 4) is 5.75 Å². The van der Waals surface area contributed by atoms with E-state index in [4.69, 9.17) is 34.0 Å². The van der Waals surface area contributed by atoms with Crippen LogP contribution in [0.25, 0.3) is 0 Å². The molecule has 24 heteroatoms. The Balaban J connectivity index is 0.00000327. The molecule has 0 radical (unpaired) electrons. The average molecular weight is 865 g/mol. The van der Waals surface area contributed by atoms with Gasteiger partial charge in [-0.2, -0.15) is 8.42 Å². The highest BCUT2D eigenvalue weighted by molar-refractivity contribution is 7.85. The summed E-state index contributed by atoms with van der Waals surface area (Å²) >= 11 is 0. The van der Waals surface area contributed by atoms with E-state index in [0.717, 1.165) is 0 Å². The molecule has 1 aliphatic heterocycles. The van der Waals surface area contributed by atoms with Crippen molar-refractivity contribution in [3.05, 3.63) is 23.8 Å². The van der Waals surface area contributed by atoms with E-state index >= 15 is 0 Å². The number of nitrogens with two attached hydrogens (primary N) is 1. The number of rotatable bonds is 24. The molecule has 0 spiro atoms. The van der Waals surface area contributed by atoms with Crippen LogP contribution in [0, 0.1) is 5.92 Å². The van der Waals surface area contributed by atoms with E-state index in [1.54, 1.807) is 19.9 Å². The van der Waals surface area contributed by atoms with Crippen LogP contribution >= 0.6 is 0 Å². The van der Waals surface area contributed by atoms with Crippen LogP contribution in [0.5, 0.6) is 5.75 Å². The fourth-order valence-electron chi connectivity index (χ4n) is 4.74. The number of aliphatic hydroxyl groups is 1. The van der Waals surface area contributed by atoms with Crippen molar-refractivity contribution >= 4 is 57.3 Å². The molecule has 1 aliphatic rings. The van der Waals surface area contributed by atoms with Gasteiger partial charge in [0, 0.05) is 45.7 Å². The number of hydrogen-bond donors (Lipinski definition) is 9. The summed E-state index contributed by atoms with van der Waals surface area (Å²) in [5.41, 5.74) is 5.88. The number of nitrogens with one attached hydrogen (secondary N) is 5. The van der Waals surface area contributed by atoms with Crippen LogP contribution in [-0.4, -0.2) is 148 Å². The molecule has 1 fully saturated rings. The predicted molar refractivity (Wildman–Crippen MR) is 206 cm³/mol. The molecule has 5 amide bonds. The van der Waals surface area contributed by atoms with Crippen LogP contribution in [0.2, 0.25) is 0 Å². The summed E-state index contributed by atoms with van der Waals surface area (Å²) in [5, 5.41) is 32.3. The maximum absolute atomic E-state index is 13.0. The summed E-state index contributed by atoms with van der Waals surface area (Å²) < 4.78 is 52.9. The number of hydrogen-bond acceptors (Lipinski definition) is 16. The summed E-state index contributed by atoms with van der Waals surface area (Å²) in [6, 6.07) is 3.51. The Hall–Kier alpha value is -4.98. The molecule has 1 heterocycles. The number of carbonyl (C=O) groups excluding carboxylic acids is 6. The quantitative estimate of drug-likeness (QED) is 0.0302. The van der Waals surface area contributed by atoms with Gasteiger partial charge in [-0.05, 0) is 23.6 Å². The number of esters is 1. The number of carboxylic acid groups (broad SMARTS) is 1. The summed E-state index contributed by atoms with van der Waals surface area (Å²) in [4.78, 5) is 84.2. The Bertz CT molecular complexity index is 1650. The van der Waals surface area contributed by atoms with Crippen molar-refractivity contribution in [2.45, 2.75) is 77.6 Å². The van der Waals surface area contributed by atoms with Crippen LogP contribution in [-0.2, 0) is 69.2 Å². The average Bonchev–Trinajstić information content (AvgIpc) is 3.13. The summed E-state index contributed by atoms with van der Waals surface area (Å²) in [6.07, 6.45) is -2.87. The SMILES string of the molecule is CC(=O)OCc1ccc(NC(=O)CNC(=O)C(NC(=O)CCOCCOCCNC(=O)CNC(=O)CCN)C(C)C)c(OC2CC(O)C[C@@H](C(=O)O)O2)c1.CS(=O)(=O)O. The first kappa shape index (κ1) is 52.0. The van der Waals surface area contributed by atoms with Crippen molar-refractivity contribution in [1.82, 2.24) is 21.3 Å². The molecule has 0 saturated carbocycles. The van der Waals surface area contributed by atoms with Crippen LogP contribution in [0.15, 0.2) is 18.2 Å². The molecular formula is C35H56N6O17S. The van der Waals surface area contributed by atoms with E-state index in [2.05, 4.69) is 26.6 Å². The van der Waals surface area contributed by atoms with E-state index in [1.807, 2.05) is 0 Å². The number of anilines is 1. The standard InChI is InChI=1S/C34H52N6O14.CH4O3S/c1-20(2)32(40-28(44)7-10-50-12-13-51-11-9-36-29(45)17-37-27(43)6-8-35)33(47)38-18-30(46)39-24-5-4-22(19-52-21(3)41)14-25(24)53-31-16-23(42)15-26(54-31)34(48)49;1-5(2,3)4/h4-5,14,20,23,26,31-32,42H,6-13,15-19,35H2,1-3H3,(H,36,45)(H,37,43)(H,38,47)(H,39,46)(H,40,44)(H,48,49);1H3,(H,2,3,4)/t23?,26-,31?,32?;/m0./s1. The van der Waals surface area contributed by atoms with Crippen LogP contribution in [0.3, 0.4) is 0 Å². The minimum atomic E-state index is -3.67. The van der Waals surface area contributed by atoms with Gasteiger partial charge in [-0.15, -0.1) is 0 Å². The van der Waals surface area contributed by atoms with Gasteiger partial charge in [0.05, 0.1) is 57.6 Å². The number of ether oxygens (including phenoxy) is 5. The Labute approximate surface area is 341 Å². The molecule has 4 atom stereocenters. The molecular weight excluding hydrogens is 808 g/mol. The second kappa shape index (κ2) is 27.7. The lowest BCUT2D eigenvalue weighted by Gasteiger charge is -2.31. The van der Waals surface area contributed by atoms with Gasteiger partial charge in [0.25, 0.3) is 10.1 Å². The Kier molecular flexibility index (Phi) is 24.4. The fourth-order valence-corrected chi connectivity index (χ4v) is 4.74. The Morgan fingerprint density at radius 2 is 1.54 bits per heavy atom. The van der Waals surface area contributed by atoms with E-state index in [9.17, 15) is 52.2 Å². The highest BCUT2D eigenvalue weighted by Crippen LogP contribution is 2.31. The first-order chi connectivity index (χ1) is 27.7. The fraction of sp³-hybridized carbons (Fsp3) is 0.629. The van der Waals surface area contributed by atoms with Gasteiger partial charge in [-0.3, -0.25) is 33.3 Å². The molecule has 0 aliphatic carbocycles. The van der Waals surface area contributed by atoms with Crippen molar-refractivity contribution in [3.63, 3.8) is 0 Å². The van der Waals surface area contributed by atoms with Gasteiger partial charge < -0.3 is 66.2 Å². The van der Waals surface area contributed by atoms with Crippen molar-refractivity contribution < 1.29 is 80.4 Å². The third-order valence-corrected chi connectivity index (χ3v) is 7.48. The number of aliphatic hydroxyl groups excluding tert-OH is 1. The van der Waals surface area contributed by atoms with Crippen LogP contribution in [0.1, 0.15) is 52.0 Å². The van der Waals surface area contributed by atoms with Gasteiger partial charge in [0.2, 0.25) is 35.8 Å². The van der Waals surface area contributed by atoms with E-state index in [1.165, 1.54) is 19.1 Å². The minimum absolute atomic E-state index is 0.0369. The molecule has 59 heavy (non-hydrogen) atoms. The number of carboxylic acids is 1. The normalized spacial score (nSPS) is 16.6. The second-order valence-corrected chi connectivity index (χ2v) is 14.6. The van der Waals surface area contributed by atoms with Gasteiger partial charge >= 0.3 is 11.9 Å². The summed E-state index contributed by atoms with van der Waals surface area (Å²) in [5.74, 6) is -4.49. The molecule has 2 rings (SSSR count). The summed E-state index contributed by atoms with van der Waals surface area (Å²) in [7, 11) is -3.67. The van der Waals surface area contributed by atoms with Gasteiger partial charge in [0.1, 0.15) is 18.4 Å². The van der Waals surface area contributed by atoms with E-state index < -0.39 is 70.9 Å². The number of benzene rings is 1. The molecule has 10 N–H and O–H groups in total. The third-order valence-electron chi connectivity index (χ3n) is 7.48. The molecule has 1 saturated heterocycles. The zero-order chi connectivity index (χ0) is 44.5. The predicted octanol–water partition coefficient (Wildman–Crippen LogP) is -2.22. The molecule has 3 unspecified atom stereocenters. The largest absolute Gasteiger partial charge is 0.479 e. The van der Waals surface area contributed by atoms with E-state index in [0.29, 0.717) is 11.8 Å². The zero-order valence-corrected chi connectivity index (χ0v) is 34.2. The lowest BCUT2D eigenvalue weighted by Crippen LogP contribution is -2.51. The maximum atomic E-state index is 13.0. The van der Waals surface area contributed by atoms with E-state index in [-0.39, 0.29) is 108 Å². The highest BCUT2D eigenvalue weighted by atomic mass is 32.2. The van der Waals surface area contributed by atoms with Crippen molar-refractivity contribution in [1.29, 1.82) is 0 Å². The van der Waals surface area contributed by atoms with Gasteiger partial charge in [-0.1, -0.05) is 19.9 Å².